The van der Waals surface area contributed by atoms with Gasteiger partial charge in [0.25, 0.3) is 0 Å². The van der Waals surface area contributed by atoms with Gasteiger partial charge in [0.05, 0.1) is 16.5 Å². The molecule has 38 heavy (non-hydrogen) atoms. The van der Waals surface area contributed by atoms with Crippen molar-refractivity contribution in [1.29, 1.82) is 0 Å². The molecule has 1 N–H and O–H groups in total. The zero-order valence-electron chi connectivity index (χ0n) is 20.8. The number of rotatable bonds is 5. The summed E-state index contributed by atoms with van der Waals surface area (Å²) in [6.45, 7) is 4.64. The Kier molecular flexibility index (Phi) is 5.75. The fourth-order valence-electron chi connectivity index (χ4n) is 4.59. The Balaban J connectivity index is 1.39. The quantitative estimate of drug-likeness (QED) is 0.403. The Morgan fingerprint density at radius 2 is 1.58 bits per heavy atom. The molecule has 0 radical (unpaired) electrons. The van der Waals surface area contributed by atoms with E-state index in [2.05, 4.69) is 5.32 Å². The third-order valence-electron chi connectivity index (χ3n) is 6.73. The summed E-state index contributed by atoms with van der Waals surface area (Å²) >= 11 is 0. The maximum absolute atomic E-state index is 13.5. The summed E-state index contributed by atoms with van der Waals surface area (Å²) in [7, 11) is 0. The molecule has 6 rings (SSSR count). The third-order valence-corrected chi connectivity index (χ3v) is 6.73. The van der Waals surface area contributed by atoms with E-state index in [9.17, 15) is 14.4 Å². The van der Waals surface area contributed by atoms with E-state index in [4.69, 9.17) is 18.9 Å². The summed E-state index contributed by atoms with van der Waals surface area (Å²) in [6.07, 6.45) is 1.44. The van der Waals surface area contributed by atoms with Crippen molar-refractivity contribution in [3.05, 3.63) is 87.2 Å². The summed E-state index contributed by atoms with van der Waals surface area (Å²) in [6, 6.07) is 13.7. The van der Waals surface area contributed by atoms with Gasteiger partial charge in [0.1, 0.15) is 19.8 Å². The van der Waals surface area contributed by atoms with Crippen LogP contribution in [0, 0.1) is 13.8 Å². The Morgan fingerprint density at radius 3 is 2.37 bits per heavy atom. The van der Waals surface area contributed by atoms with Crippen LogP contribution in [0.15, 0.2) is 59.5 Å². The standard InChI is InChI=1S/C29H24N2O7/c1-16-3-4-18(9-17(16)2)28(33)21-13-31(22-12-26-25(37-15-38-26)11-20(22)29(21)34)14-27(32)30-19-5-6-23-24(10-19)36-8-7-35-23/h3-6,9-13H,7-8,14-15H2,1-2H3,(H,30,32). The van der Waals surface area contributed by atoms with E-state index in [0.717, 1.165) is 11.1 Å². The van der Waals surface area contributed by atoms with Gasteiger partial charge in [-0.05, 0) is 49.2 Å². The maximum Gasteiger partial charge on any atom is 0.244 e. The molecule has 2 aliphatic rings. The second kappa shape index (κ2) is 9.26. The molecule has 4 aromatic rings. The molecule has 0 saturated carbocycles. The predicted molar refractivity (Wildman–Crippen MR) is 140 cm³/mol. The van der Waals surface area contributed by atoms with Crippen LogP contribution in [0.3, 0.4) is 0 Å². The van der Waals surface area contributed by atoms with Crippen LogP contribution in [0.1, 0.15) is 27.0 Å². The van der Waals surface area contributed by atoms with Crippen LogP contribution in [0.4, 0.5) is 5.69 Å². The van der Waals surface area contributed by atoms with Gasteiger partial charge in [-0.15, -0.1) is 0 Å². The lowest BCUT2D eigenvalue weighted by molar-refractivity contribution is -0.116. The molecule has 9 heteroatoms. The topological polar surface area (TPSA) is 105 Å². The van der Waals surface area contributed by atoms with Crippen LogP contribution in [-0.4, -0.2) is 36.3 Å². The van der Waals surface area contributed by atoms with Crippen LogP contribution in [-0.2, 0) is 11.3 Å². The van der Waals surface area contributed by atoms with Crippen molar-refractivity contribution in [2.24, 2.45) is 0 Å². The molecular weight excluding hydrogens is 488 g/mol. The van der Waals surface area contributed by atoms with Crippen molar-refractivity contribution in [3.8, 4) is 23.0 Å². The highest BCUT2D eigenvalue weighted by atomic mass is 16.7. The minimum absolute atomic E-state index is 0.0267. The molecule has 0 unspecified atom stereocenters. The Labute approximate surface area is 217 Å². The fraction of sp³-hybridized carbons (Fsp3) is 0.207. The number of ketones is 1. The number of fused-ring (bicyclic) bond motifs is 3. The Bertz CT molecular complexity index is 1690. The summed E-state index contributed by atoms with van der Waals surface area (Å²) in [4.78, 5) is 40.1. The number of nitrogens with zero attached hydrogens (tertiary/aromatic N) is 1. The first-order valence-electron chi connectivity index (χ1n) is 12.2. The van der Waals surface area contributed by atoms with E-state index in [1.807, 2.05) is 19.9 Å². The van der Waals surface area contributed by atoms with E-state index in [1.54, 1.807) is 47.0 Å². The molecule has 0 bridgehead atoms. The number of ether oxygens (including phenoxy) is 4. The maximum atomic E-state index is 13.5. The molecule has 0 spiro atoms. The molecule has 0 aliphatic carbocycles. The molecule has 0 atom stereocenters. The number of benzene rings is 3. The molecule has 1 amide bonds. The van der Waals surface area contributed by atoms with E-state index >= 15 is 0 Å². The molecule has 3 aromatic carbocycles. The van der Waals surface area contributed by atoms with Crippen molar-refractivity contribution in [2.45, 2.75) is 20.4 Å². The molecule has 1 aromatic heterocycles. The Morgan fingerprint density at radius 1 is 0.842 bits per heavy atom. The van der Waals surface area contributed by atoms with Gasteiger partial charge >= 0.3 is 0 Å². The number of nitrogens with one attached hydrogen (secondary N) is 1. The summed E-state index contributed by atoms with van der Waals surface area (Å²) in [5, 5.41) is 3.11. The van der Waals surface area contributed by atoms with Crippen LogP contribution >= 0.6 is 0 Å². The van der Waals surface area contributed by atoms with Crippen LogP contribution < -0.4 is 29.7 Å². The largest absolute Gasteiger partial charge is 0.486 e. The monoisotopic (exact) mass is 512 g/mol. The van der Waals surface area contributed by atoms with Crippen molar-refractivity contribution in [1.82, 2.24) is 4.57 Å². The lowest BCUT2D eigenvalue weighted by Gasteiger charge is -2.19. The smallest absolute Gasteiger partial charge is 0.244 e. The predicted octanol–water partition coefficient (Wildman–Crippen LogP) is 3.99. The lowest BCUT2D eigenvalue weighted by atomic mass is 9.98. The van der Waals surface area contributed by atoms with E-state index in [1.165, 1.54) is 6.20 Å². The summed E-state index contributed by atoms with van der Waals surface area (Å²) in [5.41, 5.74) is 2.90. The van der Waals surface area contributed by atoms with Crippen molar-refractivity contribution >= 4 is 28.3 Å². The fourth-order valence-corrected chi connectivity index (χ4v) is 4.59. The second-order valence-corrected chi connectivity index (χ2v) is 9.26. The molecule has 3 heterocycles. The average molecular weight is 513 g/mol. The molecular formula is C29H24N2O7. The number of carbonyl (C=O) groups excluding carboxylic acids is 2. The number of aryl methyl sites for hydroxylation is 2. The highest BCUT2D eigenvalue weighted by molar-refractivity contribution is 6.10. The molecule has 2 aliphatic heterocycles. The number of amides is 1. The highest BCUT2D eigenvalue weighted by Gasteiger charge is 2.23. The van der Waals surface area contributed by atoms with Gasteiger partial charge in [-0.2, -0.15) is 0 Å². The van der Waals surface area contributed by atoms with Crippen molar-refractivity contribution in [2.75, 3.05) is 25.3 Å². The summed E-state index contributed by atoms with van der Waals surface area (Å²) in [5.74, 6) is 1.28. The van der Waals surface area contributed by atoms with Gasteiger partial charge in [-0.25, -0.2) is 0 Å². The first kappa shape index (κ1) is 23.6. The highest BCUT2D eigenvalue weighted by Crippen LogP contribution is 2.36. The molecule has 0 saturated heterocycles. The first-order chi connectivity index (χ1) is 18.4. The van der Waals surface area contributed by atoms with Gasteiger partial charge < -0.3 is 28.8 Å². The number of carbonyl (C=O) groups is 2. The van der Waals surface area contributed by atoms with Gasteiger partial charge in [0.2, 0.25) is 18.1 Å². The van der Waals surface area contributed by atoms with Crippen LogP contribution in [0.2, 0.25) is 0 Å². The van der Waals surface area contributed by atoms with E-state index in [-0.39, 0.29) is 30.2 Å². The zero-order valence-corrected chi connectivity index (χ0v) is 20.8. The van der Waals surface area contributed by atoms with Gasteiger partial charge in [-0.3, -0.25) is 14.4 Å². The van der Waals surface area contributed by atoms with Crippen LogP contribution in [0.5, 0.6) is 23.0 Å². The van der Waals surface area contributed by atoms with E-state index < -0.39 is 11.2 Å². The van der Waals surface area contributed by atoms with E-state index in [0.29, 0.717) is 53.0 Å². The lowest BCUT2D eigenvalue weighted by Crippen LogP contribution is -2.24. The second-order valence-electron chi connectivity index (χ2n) is 9.26. The first-order valence-corrected chi connectivity index (χ1v) is 12.2. The zero-order chi connectivity index (χ0) is 26.4. The SMILES string of the molecule is Cc1ccc(C(=O)c2cn(CC(=O)Nc3ccc4c(c3)OCCO4)c3cc4c(cc3c2=O)OCO4)cc1C. The number of pyridine rings is 1. The molecule has 192 valence electrons. The third kappa shape index (κ3) is 4.21. The molecule has 9 nitrogen and oxygen atoms in total. The van der Waals surface area contributed by atoms with Gasteiger partial charge in [-0.1, -0.05) is 12.1 Å². The average Bonchev–Trinajstić information content (AvgIpc) is 3.38. The van der Waals surface area contributed by atoms with Crippen molar-refractivity contribution < 1.29 is 28.5 Å². The number of hydrogen-bond acceptors (Lipinski definition) is 7. The van der Waals surface area contributed by atoms with Crippen LogP contribution in [0.25, 0.3) is 10.9 Å². The Hall–Kier alpha value is -4.79. The van der Waals surface area contributed by atoms with Gasteiger partial charge in [0.15, 0.2) is 28.8 Å². The number of hydrogen-bond donors (Lipinski definition) is 1. The minimum Gasteiger partial charge on any atom is -0.486 e. The summed E-state index contributed by atoms with van der Waals surface area (Å²) < 4.78 is 23.7. The van der Waals surface area contributed by atoms with Crippen molar-refractivity contribution in [3.63, 3.8) is 0 Å². The minimum atomic E-state index is -0.440. The van der Waals surface area contributed by atoms with Gasteiger partial charge in [0, 0.05) is 29.6 Å². The normalized spacial score (nSPS) is 13.4. The molecule has 0 fully saturated rings. The number of anilines is 1. The number of aromatic nitrogens is 1.